The molecule has 0 aliphatic rings. The summed E-state index contributed by atoms with van der Waals surface area (Å²) in [6, 6.07) is -1.52. The zero-order valence-corrected chi connectivity index (χ0v) is 12.5. The van der Waals surface area contributed by atoms with Crippen LogP contribution >= 0.6 is 11.3 Å². The van der Waals surface area contributed by atoms with Crippen LogP contribution in [-0.4, -0.2) is 28.1 Å². The molecule has 1 unspecified atom stereocenters. The Bertz CT molecular complexity index is 471. The molecule has 6 nitrogen and oxygen atoms in total. The monoisotopic (exact) mass is 285 g/mol. The van der Waals surface area contributed by atoms with Gasteiger partial charge in [-0.05, 0) is 19.3 Å². The molecule has 7 heteroatoms. The van der Waals surface area contributed by atoms with Gasteiger partial charge in [-0.15, -0.1) is 11.3 Å². The van der Waals surface area contributed by atoms with Crippen molar-refractivity contribution in [1.29, 1.82) is 0 Å². The molecular formula is C12H19N3O3S. The molecule has 2 amide bonds. The number of carbonyl (C=O) groups excluding carboxylic acids is 1. The molecule has 0 aliphatic carbocycles. The standard InChI is InChI=1S/C12H19N3O3S/c1-6-7(2)19-11(13-6)15-10(18)14-8(9(16)17)12(3,4)5/h8H,1-5H3,(H,16,17)(H2,13,14,15,18). The SMILES string of the molecule is Cc1nc(NC(=O)NC(C(=O)O)C(C)(C)C)sc1C. The van der Waals surface area contributed by atoms with Crippen molar-refractivity contribution in [3.05, 3.63) is 10.6 Å². The molecule has 1 atom stereocenters. The van der Waals surface area contributed by atoms with E-state index in [0.717, 1.165) is 10.6 Å². The van der Waals surface area contributed by atoms with Gasteiger partial charge < -0.3 is 10.4 Å². The zero-order valence-electron chi connectivity index (χ0n) is 11.7. The van der Waals surface area contributed by atoms with Crippen molar-refractivity contribution in [2.45, 2.75) is 40.7 Å². The lowest BCUT2D eigenvalue weighted by Gasteiger charge is -2.27. The summed E-state index contributed by atoms with van der Waals surface area (Å²) < 4.78 is 0. The van der Waals surface area contributed by atoms with Crippen LogP contribution in [0.5, 0.6) is 0 Å². The zero-order chi connectivity index (χ0) is 14.8. The van der Waals surface area contributed by atoms with E-state index in [0.29, 0.717) is 5.13 Å². The van der Waals surface area contributed by atoms with E-state index in [2.05, 4.69) is 15.6 Å². The van der Waals surface area contributed by atoms with Gasteiger partial charge in [0.05, 0.1) is 5.69 Å². The predicted molar refractivity (Wildman–Crippen MR) is 74.6 cm³/mol. The molecule has 1 aromatic rings. The van der Waals surface area contributed by atoms with Crippen molar-refractivity contribution in [1.82, 2.24) is 10.3 Å². The number of carboxylic acid groups (broad SMARTS) is 1. The molecule has 0 bridgehead atoms. The summed E-state index contributed by atoms with van der Waals surface area (Å²) in [7, 11) is 0. The first-order valence-corrected chi connectivity index (χ1v) is 6.67. The average Bonchev–Trinajstić information content (AvgIpc) is 2.52. The summed E-state index contributed by atoms with van der Waals surface area (Å²) >= 11 is 1.36. The predicted octanol–water partition coefficient (Wildman–Crippen LogP) is 2.38. The number of amides is 2. The first-order chi connectivity index (χ1) is 8.61. The average molecular weight is 285 g/mol. The van der Waals surface area contributed by atoms with E-state index >= 15 is 0 Å². The fourth-order valence-corrected chi connectivity index (χ4v) is 2.25. The second kappa shape index (κ2) is 5.56. The van der Waals surface area contributed by atoms with Crippen LogP contribution in [0.25, 0.3) is 0 Å². The van der Waals surface area contributed by atoms with Gasteiger partial charge in [0.2, 0.25) is 0 Å². The Hall–Kier alpha value is -1.63. The summed E-state index contributed by atoms with van der Waals surface area (Å²) in [6.45, 7) is 9.02. The van der Waals surface area contributed by atoms with Crippen molar-refractivity contribution < 1.29 is 14.7 Å². The molecule has 19 heavy (non-hydrogen) atoms. The van der Waals surface area contributed by atoms with Gasteiger partial charge in [-0.3, -0.25) is 5.32 Å². The molecule has 0 saturated carbocycles. The number of rotatable bonds is 3. The largest absolute Gasteiger partial charge is 0.480 e. The molecule has 1 aromatic heterocycles. The van der Waals surface area contributed by atoms with Crippen LogP contribution in [0, 0.1) is 19.3 Å². The minimum Gasteiger partial charge on any atom is -0.480 e. The number of carbonyl (C=O) groups is 2. The van der Waals surface area contributed by atoms with Gasteiger partial charge in [-0.25, -0.2) is 14.6 Å². The van der Waals surface area contributed by atoms with E-state index in [1.807, 2.05) is 13.8 Å². The van der Waals surface area contributed by atoms with Gasteiger partial charge in [0, 0.05) is 4.88 Å². The second-order valence-corrected chi connectivity index (χ2v) is 6.60. The second-order valence-electron chi connectivity index (χ2n) is 5.40. The van der Waals surface area contributed by atoms with Gasteiger partial charge >= 0.3 is 12.0 Å². The number of nitrogens with zero attached hydrogens (tertiary/aromatic N) is 1. The van der Waals surface area contributed by atoms with Crippen molar-refractivity contribution in [3.63, 3.8) is 0 Å². The molecule has 0 radical (unpaired) electrons. The Morgan fingerprint density at radius 3 is 2.26 bits per heavy atom. The van der Waals surface area contributed by atoms with Crippen molar-refractivity contribution >= 4 is 28.5 Å². The minimum atomic E-state index is -1.06. The molecule has 0 saturated heterocycles. The summed E-state index contributed by atoms with van der Waals surface area (Å²) in [6.07, 6.45) is 0. The van der Waals surface area contributed by atoms with Crippen LogP contribution in [0.15, 0.2) is 0 Å². The van der Waals surface area contributed by atoms with E-state index in [4.69, 9.17) is 5.11 Å². The Kier molecular flexibility index (Phi) is 4.52. The number of thiazole rings is 1. The topological polar surface area (TPSA) is 91.3 Å². The van der Waals surface area contributed by atoms with E-state index in [1.54, 1.807) is 20.8 Å². The maximum atomic E-state index is 11.8. The normalized spacial score (nSPS) is 12.9. The smallest absolute Gasteiger partial charge is 0.326 e. The van der Waals surface area contributed by atoms with Crippen LogP contribution < -0.4 is 10.6 Å². The highest BCUT2D eigenvalue weighted by Gasteiger charge is 2.32. The third-order valence-electron chi connectivity index (χ3n) is 2.64. The number of nitrogens with one attached hydrogen (secondary N) is 2. The van der Waals surface area contributed by atoms with Crippen molar-refractivity contribution in [2.75, 3.05) is 5.32 Å². The maximum Gasteiger partial charge on any atom is 0.326 e. The molecule has 3 N–H and O–H groups in total. The summed E-state index contributed by atoms with van der Waals surface area (Å²) in [4.78, 5) is 28.1. The fraction of sp³-hybridized carbons (Fsp3) is 0.583. The summed E-state index contributed by atoms with van der Waals surface area (Å²) in [5.74, 6) is -1.06. The van der Waals surface area contributed by atoms with E-state index in [1.165, 1.54) is 11.3 Å². The number of aliphatic carboxylic acids is 1. The van der Waals surface area contributed by atoms with Gasteiger partial charge in [0.15, 0.2) is 5.13 Å². The third kappa shape index (κ3) is 4.20. The molecule has 1 heterocycles. The van der Waals surface area contributed by atoms with Gasteiger partial charge in [0.25, 0.3) is 0 Å². The molecule has 0 aromatic carbocycles. The lowest BCUT2D eigenvalue weighted by atomic mass is 9.87. The molecule has 0 aliphatic heterocycles. The minimum absolute atomic E-state index is 0.463. The molecule has 0 spiro atoms. The highest BCUT2D eigenvalue weighted by molar-refractivity contribution is 7.15. The Labute approximate surface area is 116 Å². The van der Waals surface area contributed by atoms with E-state index in [9.17, 15) is 9.59 Å². The molecular weight excluding hydrogens is 266 g/mol. The third-order valence-corrected chi connectivity index (χ3v) is 3.63. The van der Waals surface area contributed by atoms with Crippen LogP contribution in [0.4, 0.5) is 9.93 Å². The molecule has 0 fully saturated rings. The quantitative estimate of drug-likeness (QED) is 0.795. The van der Waals surface area contributed by atoms with Crippen LogP contribution in [-0.2, 0) is 4.79 Å². The number of urea groups is 1. The van der Waals surface area contributed by atoms with Crippen LogP contribution in [0.3, 0.4) is 0 Å². The fourth-order valence-electron chi connectivity index (χ4n) is 1.44. The summed E-state index contributed by atoms with van der Waals surface area (Å²) in [5, 5.41) is 14.6. The molecule has 1 rings (SSSR count). The van der Waals surface area contributed by atoms with E-state index < -0.39 is 23.5 Å². The number of aromatic nitrogens is 1. The van der Waals surface area contributed by atoms with Gasteiger partial charge in [-0.2, -0.15) is 0 Å². The lowest BCUT2D eigenvalue weighted by Crippen LogP contribution is -2.50. The van der Waals surface area contributed by atoms with Gasteiger partial charge in [-0.1, -0.05) is 20.8 Å². The highest BCUT2D eigenvalue weighted by atomic mass is 32.1. The Balaban J connectivity index is 2.71. The van der Waals surface area contributed by atoms with Gasteiger partial charge in [0.1, 0.15) is 6.04 Å². The lowest BCUT2D eigenvalue weighted by molar-refractivity contribution is -0.141. The number of anilines is 1. The first kappa shape index (κ1) is 15.4. The molecule has 106 valence electrons. The van der Waals surface area contributed by atoms with Crippen LogP contribution in [0.2, 0.25) is 0 Å². The van der Waals surface area contributed by atoms with Crippen molar-refractivity contribution in [2.24, 2.45) is 5.41 Å². The summed E-state index contributed by atoms with van der Waals surface area (Å²) in [5.41, 5.74) is 0.281. The Morgan fingerprint density at radius 2 is 1.89 bits per heavy atom. The Morgan fingerprint density at radius 1 is 1.32 bits per heavy atom. The highest BCUT2D eigenvalue weighted by Crippen LogP contribution is 2.22. The van der Waals surface area contributed by atoms with E-state index in [-0.39, 0.29) is 0 Å². The number of hydrogen-bond donors (Lipinski definition) is 3. The van der Waals surface area contributed by atoms with Crippen molar-refractivity contribution in [3.8, 4) is 0 Å². The maximum absolute atomic E-state index is 11.8. The number of aryl methyl sites for hydroxylation is 2. The number of hydrogen-bond acceptors (Lipinski definition) is 4. The van der Waals surface area contributed by atoms with Crippen LogP contribution in [0.1, 0.15) is 31.3 Å². The number of carboxylic acids is 1. The first-order valence-electron chi connectivity index (χ1n) is 5.85.